The van der Waals surface area contributed by atoms with Gasteiger partial charge < -0.3 is 0 Å². The van der Waals surface area contributed by atoms with E-state index in [2.05, 4.69) is 6.92 Å². The average molecular weight is 357 g/mol. The van der Waals surface area contributed by atoms with E-state index in [0.29, 0.717) is 24.0 Å². The maximum atomic E-state index is 12.5. The summed E-state index contributed by atoms with van der Waals surface area (Å²) in [5, 5.41) is 0. The number of unbranched alkanes of at least 4 members (excludes halogenated alkanes) is 7. The molecule has 1 aromatic rings. The molecule has 1 fully saturated rings. The van der Waals surface area contributed by atoms with Crippen LogP contribution in [0.25, 0.3) is 0 Å². The van der Waals surface area contributed by atoms with Gasteiger partial charge in [-0.2, -0.15) is 0 Å². The summed E-state index contributed by atoms with van der Waals surface area (Å²) in [5.74, 6) is 1.20. The van der Waals surface area contributed by atoms with Gasteiger partial charge in [-0.3, -0.25) is 9.59 Å². The Bertz CT molecular complexity index is 558. The molecule has 0 radical (unpaired) electrons. The van der Waals surface area contributed by atoms with Crippen LogP contribution in [-0.4, -0.2) is 11.6 Å². The van der Waals surface area contributed by atoms with Crippen molar-refractivity contribution >= 4 is 11.6 Å². The molecule has 0 saturated heterocycles. The average Bonchev–Trinajstić information content (AvgIpc) is 2.65. The molecule has 1 aromatic carbocycles. The monoisotopic (exact) mass is 356 g/mol. The molecule has 144 valence electrons. The second kappa shape index (κ2) is 11.3. The highest BCUT2D eigenvalue weighted by molar-refractivity contribution is 5.94. The Balaban J connectivity index is 1.66. The fourth-order valence-electron chi connectivity index (χ4n) is 4.18. The molecular formula is C24H36O2. The van der Waals surface area contributed by atoms with Gasteiger partial charge in [-0.15, -0.1) is 0 Å². The lowest BCUT2D eigenvalue weighted by molar-refractivity contribution is -0.125. The zero-order valence-electron chi connectivity index (χ0n) is 16.8. The quantitative estimate of drug-likeness (QED) is 0.320. The van der Waals surface area contributed by atoms with Gasteiger partial charge in [-0.05, 0) is 37.7 Å². The van der Waals surface area contributed by atoms with Gasteiger partial charge in [0.15, 0.2) is 5.78 Å². The Labute approximate surface area is 159 Å². The zero-order valence-corrected chi connectivity index (χ0v) is 16.8. The highest BCUT2D eigenvalue weighted by atomic mass is 16.1. The van der Waals surface area contributed by atoms with Crippen molar-refractivity contribution in [2.24, 2.45) is 5.92 Å². The summed E-state index contributed by atoms with van der Waals surface area (Å²) >= 11 is 0. The minimum atomic E-state index is 0.0988. The van der Waals surface area contributed by atoms with Crippen LogP contribution >= 0.6 is 0 Å². The van der Waals surface area contributed by atoms with Gasteiger partial charge in [0.25, 0.3) is 0 Å². The van der Waals surface area contributed by atoms with Crippen molar-refractivity contribution < 1.29 is 9.59 Å². The van der Waals surface area contributed by atoms with Gasteiger partial charge in [0.1, 0.15) is 5.78 Å². The van der Waals surface area contributed by atoms with E-state index in [4.69, 9.17) is 0 Å². The predicted octanol–water partition coefficient (Wildman–Crippen LogP) is 6.87. The first-order valence-corrected chi connectivity index (χ1v) is 10.8. The number of carbonyl (C=O) groups excluding carboxylic acids is 2. The Morgan fingerprint density at radius 1 is 0.923 bits per heavy atom. The molecule has 2 rings (SSSR count). The molecule has 0 aliphatic heterocycles. The predicted molar refractivity (Wildman–Crippen MR) is 109 cm³/mol. The van der Waals surface area contributed by atoms with Gasteiger partial charge in [0.05, 0.1) is 0 Å². The number of ketones is 2. The van der Waals surface area contributed by atoms with E-state index < -0.39 is 0 Å². The van der Waals surface area contributed by atoms with E-state index in [1.165, 1.54) is 56.9 Å². The summed E-state index contributed by atoms with van der Waals surface area (Å²) in [6, 6.07) is 7.87. The molecule has 0 aromatic heterocycles. The molecule has 1 saturated carbocycles. The third kappa shape index (κ3) is 6.70. The molecule has 0 heterocycles. The van der Waals surface area contributed by atoms with E-state index >= 15 is 0 Å². The van der Waals surface area contributed by atoms with Gasteiger partial charge >= 0.3 is 0 Å². The summed E-state index contributed by atoms with van der Waals surface area (Å²) in [7, 11) is 0. The van der Waals surface area contributed by atoms with Crippen molar-refractivity contribution in [1.29, 1.82) is 0 Å². The maximum absolute atomic E-state index is 12.5. The van der Waals surface area contributed by atoms with Gasteiger partial charge in [-0.1, -0.05) is 82.6 Å². The van der Waals surface area contributed by atoms with Crippen molar-refractivity contribution in [1.82, 2.24) is 0 Å². The molecule has 2 heteroatoms. The summed E-state index contributed by atoms with van der Waals surface area (Å²) in [4.78, 5) is 23.9. The first kappa shape index (κ1) is 20.9. The third-order valence-corrected chi connectivity index (χ3v) is 5.96. The lowest BCUT2D eigenvalue weighted by atomic mass is 9.76. The Morgan fingerprint density at radius 3 is 2.12 bits per heavy atom. The second-order valence-electron chi connectivity index (χ2n) is 8.08. The molecule has 1 aliphatic rings. The van der Waals surface area contributed by atoms with Crippen LogP contribution in [0, 0.1) is 5.92 Å². The molecule has 0 spiro atoms. The van der Waals surface area contributed by atoms with Crippen molar-refractivity contribution in [3.63, 3.8) is 0 Å². The van der Waals surface area contributed by atoms with Crippen LogP contribution < -0.4 is 0 Å². The zero-order chi connectivity index (χ0) is 18.8. The highest BCUT2D eigenvalue weighted by Crippen LogP contribution is 2.35. The highest BCUT2D eigenvalue weighted by Gasteiger charge is 2.28. The number of rotatable bonds is 11. The van der Waals surface area contributed by atoms with Crippen molar-refractivity contribution in [2.75, 3.05) is 0 Å². The largest absolute Gasteiger partial charge is 0.299 e. The molecular weight excluding hydrogens is 320 g/mol. The SMILES string of the molecule is CCCCCCCCCC[C@H]1CC[C@H](c2ccc(C(C)=O)cc2)CC1=O. The van der Waals surface area contributed by atoms with E-state index in [1.54, 1.807) is 6.92 Å². The summed E-state index contributed by atoms with van der Waals surface area (Å²) in [6.45, 7) is 3.85. The van der Waals surface area contributed by atoms with Gasteiger partial charge in [0.2, 0.25) is 0 Å². The van der Waals surface area contributed by atoms with E-state index in [1.807, 2.05) is 24.3 Å². The van der Waals surface area contributed by atoms with E-state index in [9.17, 15) is 9.59 Å². The van der Waals surface area contributed by atoms with Crippen LogP contribution in [0.4, 0.5) is 0 Å². The normalized spacial score (nSPS) is 20.3. The van der Waals surface area contributed by atoms with E-state index in [-0.39, 0.29) is 5.78 Å². The standard InChI is InChI=1S/C24H36O2/c1-3-4-5-6-7-8-9-10-11-22-16-17-23(18-24(22)26)21-14-12-20(13-15-21)19(2)25/h12-15,22-23H,3-11,16-18H2,1-2H3/t22-,23-/m0/s1. The molecule has 1 aliphatic carbocycles. The number of hydrogen-bond acceptors (Lipinski definition) is 2. The van der Waals surface area contributed by atoms with Crippen LogP contribution in [-0.2, 0) is 4.79 Å². The second-order valence-corrected chi connectivity index (χ2v) is 8.08. The number of Topliss-reactive ketones (excluding diaryl/α,β-unsaturated/α-hetero) is 2. The number of carbonyl (C=O) groups is 2. The van der Waals surface area contributed by atoms with Crippen LogP contribution in [0.5, 0.6) is 0 Å². The molecule has 0 bridgehead atoms. The number of hydrogen-bond donors (Lipinski definition) is 0. The Morgan fingerprint density at radius 2 is 1.54 bits per heavy atom. The molecule has 2 atom stereocenters. The molecule has 0 N–H and O–H groups in total. The molecule has 2 nitrogen and oxygen atoms in total. The van der Waals surface area contributed by atoms with Gasteiger partial charge in [-0.25, -0.2) is 0 Å². The van der Waals surface area contributed by atoms with Crippen molar-refractivity contribution in [3.8, 4) is 0 Å². The third-order valence-electron chi connectivity index (χ3n) is 5.96. The van der Waals surface area contributed by atoms with Crippen LogP contribution in [0.3, 0.4) is 0 Å². The lowest BCUT2D eigenvalue weighted by Gasteiger charge is -2.27. The van der Waals surface area contributed by atoms with Gasteiger partial charge in [0, 0.05) is 17.9 Å². The van der Waals surface area contributed by atoms with Crippen molar-refractivity contribution in [3.05, 3.63) is 35.4 Å². The summed E-state index contributed by atoms with van der Waals surface area (Å²) in [5.41, 5.74) is 1.97. The molecule has 26 heavy (non-hydrogen) atoms. The van der Waals surface area contributed by atoms with Crippen LogP contribution in [0.15, 0.2) is 24.3 Å². The van der Waals surface area contributed by atoms with Crippen LogP contribution in [0.2, 0.25) is 0 Å². The smallest absolute Gasteiger partial charge is 0.159 e. The number of benzene rings is 1. The molecule has 0 unspecified atom stereocenters. The summed E-state index contributed by atoms with van der Waals surface area (Å²) in [6.07, 6.45) is 14.5. The topological polar surface area (TPSA) is 34.1 Å². The van der Waals surface area contributed by atoms with E-state index in [0.717, 1.165) is 24.8 Å². The molecule has 0 amide bonds. The first-order valence-electron chi connectivity index (χ1n) is 10.8. The Kier molecular flexibility index (Phi) is 9.08. The first-order chi connectivity index (χ1) is 12.6. The fraction of sp³-hybridized carbons (Fsp3) is 0.667. The fourth-order valence-corrected chi connectivity index (χ4v) is 4.18. The minimum absolute atomic E-state index is 0.0988. The minimum Gasteiger partial charge on any atom is -0.299 e. The van der Waals surface area contributed by atoms with Crippen molar-refractivity contribution in [2.45, 2.75) is 96.8 Å². The lowest BCUT2D eigenvalue weighted by Crippen LogP contribution is -2.24. The summed E-state index contributed by atoms with van der Waals surface area (Å²) < 4.78 is 0. The van der Waals surface area contributed by atoms with Crippen LogP contribution in [0.1, 0.15) is 113 Å². The Hall–Kier alpha value is -1.44. The maximum Gasteiger partial charge on any atom is 0.159 e.